The molecule has 108 valence electrons. The van der Waals surface area contributed by atoms with Gasteiger partial charge in [0.1, 0.15) is 16.9 Å². The Balaban J connectivity index is 1.86. The van der Waals surface area contributed by atoms with Gasteiger partial charge in [0.25, 0.3) is 0 Å². The normalized spacial score (nSPS) is 12.6. The second-order valence-corrected chi connectivity index (χ2v) is 5.80. The number of nitrogens with one attached hydrogen (secondary N) is 1. The highest BCUT2D eigenvalue weighted by atomic mass is 32.1. The van der Waals surface area contributed by atoms with E-state index in [2.05, 4.69) is 18.3 Å². The second-order valence-electron chi connectivity index (χ2n) is 4.82. The molecule has 3 rings (SSSR count). The van der Waals surface area contributed by atoms with E-state index in [1.807, 2.05) is 23.6 Å². The summed E-state index contributed by atoms with van der Waals surface area (Å²) in [5.41, 5.74) is 0.854. The third-order valence-corrected chi connectivity index (χ3v) is 4.48. The van der Waals surface area contributed by atoms with Crippen LogP contribution in [0.5, 0.6) is 0 Å². The molecule has 0 bridgehead atoms. The summed E-state index contributed by atoms with van der Waals surface area (Å²) in [4.78, 5) is 12.7. The summed E-state index contributed by atoms with van der Waals surface area (Å²) in [5.74, 6) is -0.493. The molecule has 1 unspecified atom stereocenters. The molecule has 0 aliphatic carbocycles. The van der Waals surface area contributed by atoms with Crippen LogP contribution in [-0.4, -0.2) is 11.1 Å². The van der Waals surface area contributed by atoms with Gasteiger partial charge in [0.05, 0.1) is 6.54 Å². The van der Waals surface area contributed by atoms with Crippen molar-refractivity contribution in [1.82, 2.24) is 5.32 Å². The fourth-order valence-corrected chi connectivity index (χ4v) is 3.10. The first-order valence-electron chi connectivity index (χ1n) is 6.67. The van der Waals surface area contributed by atoms with Crippen molar-refractivity contribution in [3.63, 3.8) is 0 Å². The van der Waals surface area contributed by atoms with Crippen LogP contribution in [0.2, 0.25) is 0 Å². The van der Waals surface area contributed by atoms with Crippen molar-refractivity contribution in [2.75, 3.05) is 0 Å². The number of carboxylic acids is 1. The largest absolute Gasteiger partial charge is 0.478 e. The lowest BCUT2D eigenvalue weighted by molar-refractivity contribution is 0.0696. The third-order valence-electron chi connectivity index (χ3n) is 3.42. The highest BCUT2D eigenvalue weighted by molar-refractivity contribution is 7.10. The quantitative estimate of drug-likeness (QED) is 0.746. The molecule has 0 aliphatic rings. The maximum Gasteiger partial charge on any atom is 0.339 e. The number of carboxylic acid groups (broad SMARTS) is 1. The summed E-state index contributed by atoms with van der Waals surface area (Å²) in [7, 11) is 0. The van der Waals surface area contributed by atoms with E-state index in [9.17, 15) is 9.90 Å². The molecule has 21 heavy (non-hydrogen) atoms. The van der Waals surface area contributed by atoms with Gasteiger partial charge >= 0.3 is 5.97 Å². The molecule has 3 aromatic rings. The summed E-state index contributed by atoms with van der Waals surface area (Å²) in [6.45, 7) is 2.43. The predicted octanol–water partition coefficient (Wildman–Crippen LogP) is 4.04. The Morgan fingerprint density at radius 3 is 2.86 bits per heavy atom. The average molecular weight is 301 g/mol. The highest BCUT2D eigenvalue weighted by Crippen LogP contribution is 2.27. The Labute approximate surface area is 126 Å². The smallest absolute Gasteiger partial charge is 0.339 e. The molecule has 0 saturated heterocycles. The van der Waals surface area contributed by atoms with Crippen LogP contribution in [0.3, 0.4) is 0 Å². The molecule has 4 nitrogen and oxygen atoms in total. The van der Waals surface area contributed by atoms with Gasteiger partial charge in [-0.05, 0) is 24.4 Å². The van der Waals surface area contributed by atoms with Crippen LogP contribution in [0, 0.1) is 0 Å². The van der Waals surface area contributed by atoms with E-state index in [1.165, 1.54) is 4.88 Å². The molecular formula is C16H15NO3S. The van der Waals surface area contributed by atoms with Crippen LogP contribution < -0.4 is 5.32 Å². The van der Waals surface area contributed by atoms with Gasteiger partial charge < -0.3 is 14.8 Å². The molecule has 0 spiro atoms. The van der Waals surface area contributed by atoms with Gasteiger partial charge in [-0.15, -0.1) is 11.3 Å². The first-order chi connectivity index (χ1) is 10.2. The van der Waals surface area contributed by atoms with Crippen LogP contribution in [0.15, 0.2) is 46.2 Å². The molecule has 2 N–H and O–H groups in total. The lowest BCUT2D eigenvalue weighted by Gasteiger charge is -2.10. The number of fused-ring (bicyclic) bond motifs is 1. The van der Waals surface area contributed by atoms with Crippen molar-refractivity contribution in [1.29, 1.82) is 0 Å². The van der Waals surface area contributed by atoms with Crippen LogP contribution in [0.1, 0.15) is 34.0 Å². The van der Waals surface area contributed by atoms with Crippen LogP contribution in [0.4, 0.5) is 0 Å². The summed E-state index contributed by atoms with van der Waals surface area (Å²) < 4.78 is 5.69. The van der Waals surface area contributed by atoms with E-state index in [4.69, 9.17) is 4.42 Å². The molecule has 1 aromatic carbocycles. The van der Waals surface area contributed by atoms with E-state index >= 15 is 0 Å². The van der Waals surface area contributed by atoms with Gasteiger partial charge in [0, 0.05) is 16.3 Å². The topological polar surface area (TPSA) is 62.5 Å². The lowest BCUT2D eigenvalue weighted by Crippen LogP contribution is -2.18. The number of para-hydroxylation sites is 1. The van der Waals surface area contributed by atoms with Crippen LogP contribution in [0.25, 0.3) is 11.0 Å². The Hall–Kier alpha value is -2.11. The number of hydrogen-bond acceptors (Lipinski definition) is 4. The number of hydrogen-bond donors (Lipinski definition) is 2. The molecule has 0 amide bonds. The maximum atomic E-state index is 11.5. The van der Waals surface area contributed by atoms with Crippen molar-refractivity contribution in [2.24, 2.45) is 0 Å². The lowest BCUT2D eigenvalue weighted by atomic mass is 10.1. The molecule has 0 saturated carbocycles. The van der Waals surface area contributed by atoms with Gasteiger partial charge in [-0.3, -0.25) is 0 Å². The Morgan fingerprint density at radius 1 is 1.33 bits per heavy atom. The summed E-state index contributed by atoms with van der Waals surface area (Å²) in [6.07, 6.45) is 0. The number of aromatic carboxylic acids is 1. The summed E-state index contributed by atoms with van der Waals surface area (Å²) in [5, 5.41) is 15.4. The minimum Gasteiger partial charge on any atom is -0.478 e. The zero-order chi connectivity index (χ0) is 14.8. The van der Waals surface area contributed by atoms with E-state index in [-0.39, 0.29) is 11.6 Å². The van der Waals surface area contributed by atoms with Gasteiger partial charge in [0.15, 0.2) is 0 Å². The fraction of sp³-hybridized carbons (Fsp3) is 0.188. The van der Waals surface area contributed by atoms with Gasteiger partial charge in [0.2, 0.25) is 0 Å². The Morgan fingerprint density at radius 2 is 2.14 bits per heavy atom. The number of thiophene rings is 1. The predicted molar refractivity (Wildman–Crippen MR) is 82.7 cm³/mol. The van der Waals surface area contributed by atoms with Gasteiger partial charge in [-0.2, -0.15) is 0 Å². The minimum atomic E-state index is -0.958. The van der Waals surface area contributed by atoms with E-state index < -0.39 is 5.97 Å². The molecule has 5 heteroatoms. The maximum absolute atomic E-state index is 11.5. The molecule has 2 aromatic heterocycles. The van der Waals surface area contributed by atoms with Crippen molar-refractivity contribution >= 4 is 28.3 Å². The molecule has 0 radical (unpaired) electrons. The standard InChI is InChI=1S/C16H15NO3S/c1-10(14-7-4-8-21-14)17-9-13-15(16(18)19)11-5-2-3-6-12(11)20-13/h2-8,10,17H,9H2,1H3,(H,18,19). The molecule has 2 heterocycles. The SMILES string of the molecule is CC(NCc1oc2ccccc2c1C(=O)O)c1cccs1. The third kappa shape index (κ3) is 2.70. The number of benzene rings is 1. The number of furan rings is 1. The Bertz CT molecular complexity index is 761. The minimum absolute atomic E-state index is 0.153. The van der Waals surface area contributed by atoms with E-state index in [0.717, 1.165) is 0 Å². The molecular weight excluding hydrogens is 286 g/mol. The van der Waals surface area contributed by atoms with Crippen LogP contribution in [-0.2, 0) is 6.54 Å². The van der Waals surface area contributed by atoms with Crippen molar-refractivity contribution in [3.05, 3.63) is 58.0 Å². The zero-order valence-electron chi connectivity index (χ0n) is 11.5. The Kier molecular flexibility index (Phi) is 3.77. The first-order valence-corrected chi connectivity index (χ1v) is 7.55. The van der Waals surface area contributed by atoms with Gasteiger partial charge in [-0.1, -0.05) is 24.3 Å². The average Bonchev–Trinajstić information content (AvgIpc) is 3.11. The summed E-state index contributed by atoms with van der Waals surface area (Å²) in [6, 6.07) is 11.4. The number of carbonyl (C=O) groups is 1. The second kappa shape index (κ2) is 5.71. The van der Waals surface area contributed by atoms with Crippen molar-refractivity contribution < 1.29 is 14.3 Å². The van der Waals surface area contributed by atoms with E-state index in [0.29, 0.717) is 23.3 Å². The molecule has 1 atom stereocenters. The molecule has 0 fully saturated rings. The van der Waals surface area contributed by atoms with Crippen molar-refractivity contribution in [2.45, 2.75) is 19.5 Å². The van der Waals surface area contributed by atoms with Crippen molar-refractivity contribution in [3.8, 4) is 0 Å². The first kappa shape index (κ1) is 13.9. The zero-order valence-corrected chi connectivity index (χ0v) is 12.3. The summed E-state index contributed by atoms with van der Waals surface area (Å²) >= 11 is 1.67. The fourth-order valence-electron chi connectivity index (χ4n) is 2.34. The van der Waals surface area contributed by atoms with Crippen LogP contribution >= 0.6 is 11.3 Å². The monoisotopic (exact) mass is 301 g/mol. The molecule has 0 aliphatic heterocycles. The number of rotatable bonds is 5. The van der Waals surface area contributed by atoms with Gasteiger partial charge in [-0.25, -0.2) is 4.79 Å². The highest BCUT2D eigenvalue weighted by Gasteiger charge is 2.20. The van der Waals surface area contributed by atoms with E-state index in [1.54, 1.807) is 23.5 Å².